The minimum absolute atomic E-state index is 0.0994. The Morgan fingerprint density at radius 2 is 2.14 bits per heavy atom. The van der Waals surface area contributed by atoms with Crippen LogP contribution in [-0.2, 0) is 6.54 Å². The number of benzene rings is 1. The fraction of sp³-hybridized carbons (Fsp3) is 0.0769. The molecule has 0 aliphatic heterocycles. The molecule has 0 aliphatic carbocycles. The Kier molecular flexibility index (Phi) is 4.34. The number of nitro groups is 1. The van der Waals surface area contributed by atoms with Crippen molar-refractivity contribution in [1.82, 2.24) is 4.98 Å². The smallest absolute Gasteiger partial charge is 0.335 e. The van der Waals surface area contributed by atoms with Crippen LogP contribution in [0, 0.1) is 10.1 Å². The number of nitrogens with one attached hydrogen (secondary N) is 1. The van der Waals surface area contributed by atoms with E-state index in [2.05, 4.69) is 10.3 Å². The maximum atomic E-state index is 10.9. The average Bonchev–Trinajstić information content (AvgIpc) is 2.45. The molecular formula is C13H10ClN3O4. The number of carboxylic acid groups (broad SMARTS) is 1. The summed E-state index contributed by atoms with van der Waals surface area (Å²) in [5.74, 6) is -1.06. The first-order chi connectivity index (χ1) is 9.97. The third kappa shape index (κ3) is 3.67. The van der Waals surface area contributed by atoms with Crippen LogP contribution in [0.1, 0.15) is 16.1 Å². The van der Waals surface area contributed by atoms with Crippen molar-refractivity contribution in [2.24, 2.45) is 0 Å². The van der Waals surface area contributed by atoms with Crippen molar-refractivity contribution in [2.75, 3.05) is 5.32 Å². The van der Waals surface area contributed by atoms with Gasteiger partial charge in [-0.1, -0.05) is 11.6 Å². The number of halogens is 1. The summed E-state index contributed by atoms with van der Waals surface area (Å²) in [5, 5.41) is 23.0. The van der Waals surface area contributed by atoms with Crippen LogP contribution in [0.3, 0.4) is 0 Å². The third-order valence-corrected chi connectivity index (χ3v) is 2.91. The van der Waals surface area contributed by atoms with Gasteiger partial charge in [-0.2, -0.15) is 0 Å². The SMILES string of the molecule is O=C(O)c1ccnc(CNc2cc(Cl)ccc2[N+](=O)[O-])c1. The maximum absolute atomic E-state index is 10.9. The van der Waals surface area contributed by atoms with Crippen molar-refractivity contribution in [3.8, 4) is 0 Å². The Bertz CT molecular complexity index is 706. The van der Waals surface area contributed by atoms with E-state index in [0.29, 0.717) is 10.7 Å². The summed E-state index contributed by atoms with van der Waals surface area (Å²) in [7, 11) is 0. The van der Waals surface area contributed by atoms with Crippen molar-refractivity contribution >= 4 is 28.9 Å². The second kappa shape index (κ2) is 6.19. The summed E-state index contributed by atoms with van der Waals surface area (Å²) in [6.07, 6.45) is 1.37. The monoisotopic (exact) mass is 307 g/mol. The number of anilines is 1. The zero-order valence-electron chi connectivity index (χ0n) is 10.6. The molecule has 0 spiro atoms. The summed E-state index contributed by atoms with van der Waals surface area (Å²) in [6.45, 7) is 0.141. The van der Waals surface area contributed by atoms with Gasteiger partial charge in [0.05, 0.1) is 22.7 Å². The molecule has 21 heavy (non-hydrogen) atoms. The standard InChI is InChI=1S/C13H10ClN3O4/c14-9-1-2-12(17(20)21)11(6-9)16-7-10-5-8(13(18)19)3-4-15-10/h1-6,16H,7H2,(H,18,19). The highest BCUT2D eigenvalue weighted by Gasteiger charge is 2.14. The molecule has 0 fully saturated rings. The van der Waals surface area contributed by atoms with Gasteiger partial charge in [0.25, 0.3) is 5.69 Å². The Morgan fingerprint density at radius 1 is 1.38 bits per heavy atom. The molecule has 108 valence electrons. The zero-order chi connectivity index (χ0) is 15.4. The van der Waals surface area contributed by atoms with Gasteiger partial charge in [-0.05, 0) is 24.3 Å². The molecule has 8 heteroatoms. The zero-order valence-corrected chi connectivity index (χ0v) is 11.4. The number of pyridine rings is 1. The van der Waals surface area contributed by atoms with Gasteiger partial charge >= 0.3 is 5.97 Å². The summed E-state index contributed by atoms with van der Waals surface area (Å²) in [5.41, 5.74) is 0.676. The van der Waals surface area contributed by atoms with Gasteiger partial charge in [-0.15, -0.1) is 0 Å². The normalized spacial score (nSPS) is 10.1. The van der Waals surface area contributed by atoms with Gasteiger partial charge in [0.2, 0.25) is 0 Å². The summed E-state index contributed by atoms with van der Waals surface area (Å²) in [4.78, 5) is 25.3. The van der Waals surface area contributed by atoms with Crippen LogP contribution in [0.4, 0.5) is 11.4 Å². The van der Waals surface area contributed by atoms with E-state index >= 15 is 0 Å². The van der Waals surface area contributed by atoms with Crippen LogP contribution in [0.5, 0.6) is 0 Å². The Morgan fingerprint density at radius 3 is 2.81 bits per heavy atom. The van der Waals surface area contributed by atoms with Crippen molar-refractivity contribution in [1.29, 1.82) is 0 Å². The number of carbonyl (C=O) groups is 1. The lowest BCUT2D eigenvalue weighted by molar-refractivity contribution is -0.384. The minimum atomic E-state index is -1.06. The van der Waals surface area contributed by atoms with E-state index in [1.807, 2.05) is 0 Å². The lowest BCUT2D eigenvalue weighted by Gasteiger charge is -2.07. The van der Waals surface area contributed by atoms with E-state index in [4.69, 9.17) is 16.7 Å². The summed E-state index contributed by atoms with van der Waals surface area (Å²) in [6, 6.07) is 6.92. The van der Waals surface area contributed by atoms with Crippen LogP contribution in [0.2, 0.25) is 5.02 Å². The molecule has 0 radical (unpaired) electrons. The quantitative estimate of drug-likeness (QED) is 0.650. The third-order valence-electron chi connectivity index (χ3n) is 2.68. The van der Waals surface area contributed by atoms with E-state index in [-0.39, 0.29) is 23.5 Å². The number of nitro benzene ring substituents is 1. The average molecular weight is 308 g/mol. The van der Waals surface area contributed by atoms with E-state index in [1.54, 1.807) is 0 Å². The second-order valence-electron chi connectivity index (χ2n) is 4.11. The largest absolute Gasteiger partial charge is 0.478 e. The van der Waals surface area contributed by atoms with E-state index in [9.17, 15) is 14.9 Å². The number of aromatic nitrogens is 1. The first-order valence-electron chi connectivity index (χ1n) is 5.83. The molecule has 7 nitrogen and oxygen atoms in total. The van der Waals surface area contributed by atoms with Gasteiger partial charge in [0, 0.05) is 17.3 Å². The second-order valence-corrected chi connectivity index (χ2v) is 4.55. The van der Waals surface area contributed by atoms with Crippen LogP contribution >= 0.6 is 11.6 Å². The van der Waals surface area contributed by atoms with Crippen LogP contribution < -0.4 is 5.32 Å². The molecule has 0 saturated carbocycles. The van der Waals surface area contributed by atoms with Gasteiger partial charge in [-0.3, -0.25) is 15.1 Å². The summed E-state index contributed by atoms with van der Waals surface area (Å²) < 4.78 is 0. The topological polar surface area (TPSA) is 105 Å². The van der Waals surface area contributed by atoms with Crippen molar-refractivity contribution in [3.05, 3.63) is 62.9 Å². The van der Waals surface area contributed by atoms with Gasteiger partial charge < -0.3 is 10.4 Å². The highest BCUT2D eigenvalue weighted by molar-refractivity contribution is 6.31. The minimum Gasteiger partial charge on any atom is -0.478 e. The molecule has 1 aromatic heterocycles. The lowest BCUT2D eigenvalue weighted by atomic mass is 10.2. The van der Waals surface area contributed by atoms with Crippen LogP contribution in [0.15, 0.2) is 36.5 Å². The number of nitrogens with zero attached hydrogens (tertiary/aromatic N) is 2. The van der Waals surface area contributed by atoms with Crippen molar-refractivity contribution in [2.45, 2.75) is 6.54 Å². The van der Waals surface area contributed by atoms with E-state index in [0.717, 1.165) is 0 Å². The molecule has 2 rings (SSSR count). The molecular weight excluding hydrogens is 298 g/mol. The number of aromatic carboxylic acids is 1. The molecule has 0 unspecified atom stereocenters. The van der Waals surface area contributed by atoms with Crippen LogP contribution in [-0.4, -0.2) is 21.0 Å². The lowest BCUT2D eigenvalue weighted by Crippen LogP contribution is -2.06. The van der Waals surface area contributed by atoms with Gasteiger partial charge in [-0.25, -0.2) is 4.79 Å². The number of carboxylic acids is 1. The highest BCUT2D eigenvalue weighted by Crippen LogP contribution is 2.27. The Hall–Kier alpha value is -2.67. The van der Waals surface area contributed by atoms with Crippen LogP contribution in [0.25, 0.3) is 0 Å². The number of hydrogen-bond acceptors (Lipinski definition) is 5. The predicted octanol–water partition coefficient (Wildman–Crippen LogP) is 2.95. The first kappa shape index (κ1) is 14.7. The van der Waals surface area contributed by atoms with Gasteiger partial charge in [0.1, 0.15) is 5.69 Å². The van der Waals surface area contributed by atoms with E-state index in [1.165, 1.54) is 36.5 Å². The Balaban J connectivity index is 2.20. The first-order valence-corrected chi connectivity index (χ1v) is 6.21. The molecule has 0 aliphatic rings. The number of rotatable bonds is 5. The molecule has 2 N–H and O–H groups in total. The molecule has 0 saturated heterocycles. The predicted molar refractivity (Wildman–Crippen MR) is 76.6 cm³/mol. The molecule has 1 aromatic carbocycles. The van der Waals surface area contributed by atoms with Crippen molar-refractivity contribution in [3.63, 3.8) is 0 Å². The molecule has 1 heterocycles. The Labute approximate surface area is 124 Å². The molecule has 2 aromatic rings. The van der Waals surface area contributed by atoms with Crippen molar-refractivity contribution < 1.29 is 14.8 Å². The molecule has 0 bridgehead atoms. The van der Waals surface area contributed by atoms with E-state index < -0.39 is 10.9 Å². The molecule has 0 atom stereocenters. The molecule has 0 amide bonds. The van der Waals surface area contributed by atoms with Gasteiger partial charge in [0.15, 0.2) is 0 Å². The number of hydrogen-bond donors (Lipinski definition) is 2. The maximum Gasteiger partial charge on any atom is 0.335 e. The highest BCUT2D eigenvalue weighted by atomic mass is 35.5. The fourth-order valence-corrected chi connectivity index (χ4v) is 1.87. The summed E-state index contributed by atoms with van der Waals surface area (Å²) >= 11 is 5.81. The fourth-order valence-electron chi connectivity index (χ4n) is 1.70.